The molecule has 2 unspecified atom stereocenters. The summed E-state index contributed by atoms with van der Waals surface area (Å²) in [6.45, 7) is 0. The first kappa shape index (κ1) is 12.8. The largest absolute Gasteiger partial charge is 0.392 e. The fraction of sp³-hybridized carbons (Fsp3) is 0.357. The number of carbonyl (C=O) groups is 1. The zero-order chi connectivity index (χ0) is 13.9. The molecule has 6 heteroatoms. The van der Waals surface area contributed by atoms with Gasteiger partial charge in [-0.25, -0.2) is 4.98 Å². The molecular formula is C14H16N4O2. The molecule has 2 atom stereocenters. The topological polar surface area (TPSA) is 90.9 Å². The molecule has 0 saturated heterocycles. The number of aliphatic hydroxyl groups is 1. The van der Waals surface area contributed by atoms with Gasteiger partial charge in [-0.15, -0.1) is 0 Å². The monoisotopic (exact) mass is 272 g/mol. The summed E-state index contributed by atoms with van der Waals surface area (Å²) < 4.78 is 0. The van der Waals surface area contributed by atoms with Crippen LogP contribution >= 0.6 is 0 Å². The Labute approximate surface area is 116 Å². The van der Waals surface area contributed by atoms with E-state index in [9.17, 15) is 9.90 Å². The number of H-pyrrole nitrogens is 1. The number of rotatable bonds is 3. The Morgan fingerprint density at radius 2 is 2.30 bits per heavy atom. The maximum Gasteiger partial charge on any atom is 0.230 e. The summed E-state index contributed by atoms with van der Waals surface area (Å²) in [5.41, 5.74) is 1.55. The van der Waals surface area contributed by atoms with Crippen LogP contribution in [0.15, 0.2) is 30.6 Å². The fourth-order valence-electron chi connectivity index (χ4n) is 2.57. The quantitative estimate of drug-likeness (QED) is 0.791. The van der Waals surface area contributed by atoms with Crippen molar-refractivity contribution in [1.82, 2.24) is 15.2 Å². The van der Waals surface area contributed by atoms with Gasteiger partial charge in [0.05, 0.1) is 12.0 Å². The Kier molecular flexibility index (Phi) is 3.47. The number of carbonyl (C=O) groups excluding carboxylic acids is 1. The van der Waals surface area contributed by atoms with Crippen molar-refractivity contribution < 1.29 is 9.90 Å². The van der Waals surface area contributed by atoms with Crippen LogP contribution in [0, 0.1) is 5.92 Å². The van der Waals surface area contributed by atoms with Crippen molar-refractivity contribution in [2.45, 2.75) is 25.4 Å². The van der Waals surface area contributed by atoms with Crippen LogP contribution in [-0.2, 0) is 4.79 Å². The van der Waals surface area contributed by atoms with E-state index in [2.05, 4.69) is 20.5 Å². The van der Waals surface area contributed by atoms with E-state index in [4.69, 9.17) is 0 Å². The van der Waals surface area contributed by atoms with Crippen molar-refractivity contribution >= 4 is 11.6 Å². The van der Waals surface area contributed by atoms with Gasteiger partial charge in [0.25, 0.3) is 0 Å². The molecule has 6 nitrogen and oxygen atoms in total. The van der Waals surface area contributed by atoms with Gasteiger partial charge in [-0.3, -0.25) is 9.89 Å². The maximum absolute atomic E-state index is 12.1. The summed E-state index contributed by atoms with van der Waals surface area (Å²) >= 11 is 0. The predicted molar refractivity (Wildman–Crippen MR) is 73.8 cm³/mol. The molecule has 1 aliphatic carbocycles. The zero-order valence-corrected chi connectivity index (χ0v) is 10.9. The smallest absolute Gasteiger partial charge is 0.230 e. The van der Waals surface area contributed by atoms with Crippen molar-refractivity contribution in [3.05, 3.63) is 30.6 Å². The summed E-state index contributed by atoms with van der Waals surface area (Å²) in [7, 11) is 0. The predicted octanol–water partition coefficient (Wildman–Crippen LogP) is 1.57. The third kappa shape index (κ3) is 2.55. The van der Waals surface area contributed by atoms with Crippen LogP contribution in [0.2, 0.25) is 0 Å². The van der Waals surface area contributed by atoms with Crippen LogP contribution in [0.4, 0.5) is 5.69 Å². The molecule has 0 bridgehead atoms. The summed E-state index contributed by atoms with van der Waals surface area (Å²) in [4.78, 5) is 16.2. The van der Waals surface area contributed by atoms with Crippen molar-refractivity contribution in [3.63, 3.8) is 0 Å². The average molecular weight is 272 g/mol. The lowest BCUT2D eigenvalue weighted by atomic mass is 10.0. The van der Waals surface area contributed by atoms with E-state index in [0.717, 1.165) is 18.4 Å². The summed E-state index contributed by atoms with van der Waals surface area (Å²) in [5, 5.41) is 19.2. The highest BCUT2D eigenvalue weighted by molar-refractivity contribution is 5.93. The molecule has 3 N–H and O–H groups in total. The second kappa shape index (κ2) is 5.42. The second-order valence-electron chi connectivity index (χ2n) is 5.01. The molecule has 3 rings (SSSR count). The molecule has 2 aromatic rings. The zero-order valence-electron chi connectivity index (χ0n) is 10.9. The number of anilines is 1. The first-order valence-electron chi connectivity index (χ1n) is 6.69. The molecule has 1 saturated carbocycles. The standard InChI is InChI=1S/C14H16N4O2/c19-12-6-2-5-11(12)14(20)17-10-4-1-3-9(7-10)13-15-8-16-18-13/h1,3-4,7-8,11-12,19H,2,5-6H2,(H,17,20)(H,15,16,18). The number of nitrogens with zero attached hydrogens (tertiary/aromatic N) is 2. The minimum atomic E-state index is -0.521. The highest BCUT2D eigenvalue weighted by atomic mass is 16.3. The second-order valence-corrected chi connectivity index (χ2v) is 5.01. The lowest BCUT2D eigenvalue weighted by Gasteiger charge is -2.14. The first-order valence-corrected chi connectivity index (χ1v) is 6.69. The van der Waals surface area contributed by atoms with E-state index in [0.29, 0.717) is 17.9 Å². The minimum absolute atomic E-state index is 0.121. The molecule has 0 aliphatic heterocycles. The van der Waals surface area contributed by atoms with Crippen molar-refractivity contribution in [2.24, 2.45) is 5.92 Å². The molecule has 1 aromatic heterocycles. The molecule has 1 aliphatic rings. The highest BCUT2D eigenvalue weighted by Gasteiger charge is 2.31. The Balaban J connectivity index is 1.74. The molecular weight excluding hydrogens is 256 g/mol. The van der Waals surface area contributed by atoms with Crippen LogP contribution in [0.5, 0.6) is 0 Å². The molecule has 1 amide bonds. The summed E-state index contributed by atoms with van der Waals surface area (Å²) in [6.07, 6.45) is 3.27. The van der Waals surface area contributed by atoms with Crippen LogP contribution in [-0.4, -0.2) is 32.3 Å². The molecule has 20 heavy (non-hydrogen) atoms. The van der Waals surface area contributed by atoms with E-state index < -0.39 is 6.10 Å². The number of aromatic nitrogens is 3. The lowest BCUT2D eigenvalue weighted by molar-refractivity contribution is -0.122. The van der Waals surface area contributed by atoms with Crippen LogP contribution < -0.4 is 5.32 Å². The van der Waals surface area contributed by atoms with E-state index in [-0.39, 0.29) is 11.8 Å². The third-order valence-electron chi connectivity index (χ3n) is 3.63. The number of hydrogen-bond donors (Lipinski definition) is 3. The molecule has 104 valence electrons. The normalized spacial score (nSPS) is 21.9. The molecule has 0 radical (unpaired) electrons. The number of nitrogens with one attached hydrogen (secondary N) is 2. The van der Waals surface area contributed by atoms with E-state index >= 15 is 0 Å². The van der Waals surface area contributed by atoms with E-state index in [1.54, 1.807) is 0 Å². The highest BCUT2D eigenvalue weighted by Crippen LogP contribution is 2.27. The first-order chi connectivity index (χ1) is 9.74. The third-order valence-corrected chi connectivity index (χ3v) is 3.63. The van der Waals surface area contributed by atoms with Crippen molar-refractivity contribution in [1.29, 1.82) is 0 Å². The van der Waals surface area contributed by atoms with Gasteiger partial charge in [0.2, 0.25) is 5.91 Å². The van der Waals surface area contributed by atoms with Gasteiger partial charge in [-0.1, -0.05) is 12.1 Å². The van der Waals surface area contributed by atoms with E-state index in [1.165, 1.54) is 6.33 Å². The Bertz CT molecular complexity index is 597. The van der Waals surface area contributed by atoms with Crippen LogP contribution in [0.25, 0.3) is 11.4 Å². The molecule has 1 fully saturated rings. The lowest BCUT2D eigenvalue weighted by Crippen LogP contribution is -2.28. The number of aromatic amines is 1. The van der Waals surface area contributed by atoms with Gasteiger partial charge in [0, 0.05) is 11.3 Å². The van der Waals surface area contributed by atoms with Crippen molar-refractivity contribution in [3.8, 4) is 11.4 Å². The molecule has 0 spiro atoms. The average Bonchev–Trinajstić information content (AvgIpc) is 3.09. The number of amides is 1. The Morgan fingerprint density at radius 3 is 3.00 bits per heavy atom. The van der Waals surface area contributed by atoms with Crippen LogP contribution in [0.1, 0.15) is 19.3 Å². The summed E-state index contributed by atoms with van der Waals surface area (Å²) in [5.74, 6) is 0.232. The van der Waals surface area contributed by atoms with Gasteiger partial charge in [-0.05, 0) is 31.4 Å². The van der Waals surface area contributed by atoms with Gasteiger partial charge in [0.1, 0.15) is 6.33 Å². The minimum Gasteiger partial charge on any atom is -0.392 e. The Hall–Kier alpha value is -2.21. The van der Waals surface area contributed by atoms with E-state index in [1.807, 2.05) is 24.3 Å². The van der Waals surface area contributed by atoms with Gasteiger partial charge >= 0.3 is 0 Å². The number of benzene rings is 1. The van der Waals surface area contributed by atoms with Gasteiger partial charge < -0.3 is 10.4 Å². The van der Waals surface area contributed by atoms with Crippen molar-refractivity contribution in [2.75, 3.05) is 5.32 Å². The SMILES string of the molecule is O=C(Nc1cccc(-c2ncn[nH]2)c1)C1CCCC1O. The fourth-order valence-corrected chi connectivity index (χ4v) is 2.57. The number of hydrogen-bond acceptors (Lipinski definition) is 4. The number of aliphatic hydroxyl groups excluding tert-OH is 1. The van der Waals surface area contributed by atoms with Crippen LogP contribution in [0.3, 0.4) is 0 Å². The Morgan fingerprint density at radius 1 is 1.40 bits per heavy atom. The van der Waals surface area contributed by atoms with Gasteiger partial charge in [0.15, 0.2) is 5.82 Å². The summed E-state index contributed by atoms with van der Waals surface area (Å²) in [6, 6.07) is 7.39. The maximum atomic E-state index is 12.1. The molecule has 1 heterocycles. The molecule has 1 aromatic carbocycles. The van der Waals surface area contributed by atoms with Gasteiger partial charge in [-0.2, -0.15) is 5.10 Å².